The highest BCUT2D eigenvalue weighted by atomic mass is 16.2. The molecule has 1 amide bonds. The molecule has 1 aromatic carbocycles. The van der Waals surface area contributed by atoms with Gasteiger partial charge in [0.15, 0.2) is 0 Å². The third-order valence-corrected chi connectivity index (χ3v) is 3.55. The molecule has 0 aromatic heterocycles. The molecule has 112 valence electrons. The maximum atomic E-state index is 11.7. The summed E-state index contributed by atoms with van der Waals surface area (Å²) < 4.78 is 0. The molecule has 0 fully saturated rings. The molecule has 1 atom stereocenters. The minimum Gasteiger partial charge on any atom is -0.354 e. The Morgan fingerprint density at radius 2 is 1.75 bits per heavy atom. The molecule has 3 heteroatoms. The fourth-order valence-corrected chi connectivity index (χ4v) is 1.92. The van der Waals surface area contributed by atoms with Crippen LogP contribution in [0.4, 0.5) is 0 Å². The summed E-state index contributed by atoms with van der Waals surface area (Å²) >= 11 is 0. The van der Waals surface area contributed by atoms with Crippen molar-refractivity contribution >= 4 is 5.91 Å². The van der Waals surface area contributed by atoms with Crippen LogP contribution in [0.25, 0.3) is 0 Å². The van der Waals surface area contributed by atoms with Crippen LogP contribution >= 0.6 is 0 Å². The number of hydrogen-bond donors (Lipinski definition) is 2. The van der Waals surface area contributed by atoms with E-state index in [9.17, 15) is 4.79 Å². The van der Waals surface area contributed by atoms with E-state index in [-0.39, 0.29) is 17.2 Å². The molecule has 0 unspecified atom stereocenters. The minimum absolute atomic E-state index is 0.0636. The SMILES string of the molecule is CC(C)[C@H](N)C(=O)NCCc1ccc(C(C)(C)C)cc1. The average molecular weight is 276 g/mol. The lowest BCUT2D eigenvalue weighted by Crippen LogP contribution is -2.44. The number of nitrogens with two attached hydrogens (primary N) is 1. The Labute approximate surface area is 122 Å². The first-order valence-electron chi connectivity index (χ1n) is 7.34. The van der Waals surface area contributed by atoms with E-state index in [4.69, 9.17) is 5.73 Å². The van der Waals surface area contributed by atoms with E-state index in [2.05, 4.69) is 50.4 Å². The zero-order valence-corrected chi connectivity index (χ0v) is 13.4. The highest BCUT2D eigenvalue weighted by Crippen LogP contribution is 2.22. The first-order valence-corrected chi connectivity index (χ1v) is 7.34. The number of carbonyl (C=O) groups excluding carboxylic acids is 1. The molecular weight excluding hydrogens is 248 g/mol. The molecule has 0 aliphatic rings. The third-order valence-electron chi connectivity index (χ3n) is 3.55. The molecule has 20 heavy (non-hydrogen) atoms. The van der Waals surface area contributed by atoms with Crippen LogP contribution in [-0.4, -0.2) is 18.5 Å². The first-order chi connectivity index (χ1) is 9.21. The number of nitrogens with one attached hydrogen (secondary N) is 1. The van der Waals surface area contributed by atoms with E-state index in [1.54, 1.807) is 0 Å². The van der Waals surface area contributed by atoms with Gasteiger partial charge in [0, 0.05) is 6.54 Å². The van der Waals surface area contributed by atoms with Crippen molar-refractivity contribution in [2.75, 3.05) is 6.54 Å². The van der Waals surface area contributed by atoms with E-state index < -0.39 is 6.04 Å². The second-order valence-corrected chi connectivity index (χ2v) is 6.76. The zero-order chi connectivity index (χ0) is 15.3. The van der Waals surface area contributed by atoms with Gasteiger partial charge in [0.1, 0.15) is 0 Å². The molecule has 3 N–H and O–H groups in total. The van der Waals surface area contributed by atoms with Crippen LogP contribution in [0, 0.1) is 5.92 Å². The second kappa shape index (κ2) is 6.89. The summed E-state index contributed by atoms with van der Waals surface area (Å²) in [6.45, 7) is 11.2. The van der Waals surface area contributed by atoms with Crippen LogP contribution in [0.3, 0.4) is 0 Å². The Balaban J connectivity index is 2.45. The Hall–Kier alpha value is -1.35. The lowest BCUT2D eigenvalue weighted by molar-refractivity contribution is -0.123. The molecule has 0 saturated heterocycles. The third kappa shape index (κ3) is 4.97. The lowest BCUT2D eigenvalue weighted by atomic mass is 9.86. The van der Waals surface area contributed by atoms with Gasteiger partial charge in [-0.2, -0.15) is 0 Å². The molecule has 1 rings (SSSR count). The molecule has 1 aromatic rings. The molecule has 0 heterocycles. The number of benzene rings is 1. The standard InChI is InChI=1S/C17H28N2O/c1-12(2)15(18)16(20)19-11-10-13-6-8-14(9-7-13)17(3,4)5/h6-9,12,15H,10-11,18H2,1-5H3,(H,19,20)/t15-/m0/s1. The van der Waals surface area contributed by atoms with Gasteiger partial charge in [0.05, 0.1) is 6.04 Å². The minimum atomic E-state index is -0.418. The van der Waals surface area contributed by atoms with Crippen molar-refractivity contribution in [3.63, 3.8) is 0 Å². The predicted octanol–water partition coefficient (Wildman–Crippen LogP) is 2.63. The summed E-state index contributed by atoms with van der Waals surface area (Å²) in [5.41, 5.74) is 8.53. The van der Waals surface area contributed by atoms with E-state index in [1.807, 2.05) is 13.8 Å². The highest BCUT2D eigenvalue weighted by molar-refractivity contribution is 5.81. The Bertz CT molecular complexity index is 429. The smallest absolute Gasteiger partial charge is 0.237 e. The Morgan fingerprint density at radius 1 is 1.20 bits per heavy atom. The van der Waals surface area contributed by atoms with E-state index in [0.29, 0.717) is 6.54 Å². The van der Waals surface area contributed by atoms with Crippen LogP contribution in [0.15, 0.2) is 24.3 Å². The predicted molar refractivity (Wildman–Crippen MR) is 84.7 cm³/mol. The maximum Gasteiger partial charge on any atom is 0.237 e. The highest BCUT2D eigenvalue weighted by Gasteiger charge is 2.16. The molecular formula is C17H28N2O. The molecule has 0 spiro atoms. The van der Waals surface area contributed by atoms with Gasteiger partial charge in [-0.05, 0) is 28.9 Å². The molecule has 0 saturated carbocycles. The van der Waals surface area contributed by atoms with Crippen molar-refractivity contribution in [3.05, 3.63) is 35.4 Å². The van der Waals surface area contributed by atoms with Crippen molar-refractivity contribution in [2.24, 2.45) is 11.7 Å². The normalized spacial score (nSPS) is 13.3. The molecule has 0 bridgehead atoms. The molecule has 0 aliphatic heterocycles. The van der Waals surface area contributed by atoms with Gasteiger partial charge in [0.25, 0.3) is 0 Å². The summed E-state index contributed by atoms with van der Waals surface area (Å²) in [6, 6.07) is 8.18. The van der Waals surface area contributed by atoms with Gasteiger partial charge in [-0.25, -0.2) is 0 Å². The summed E-state index contributed by atoms with van der Waals surface area (Å²) in [5.74, 6) is 0.104. The summed E-state index contributed by atoms with van der Waals surface area (Å²) in [5, 5.41) is 2.89. The number of amides is 1. The lowest BCUT2D eigenvalue weighted by Gasteiger charge is -2.19. The fraction of sp³-hybridized carbons (Fsp3) is 0.588. The second-order valence-electron chi connectivity index (χ2n) is 6.76. The molecule has 0 radical (unpaired) electrons. The molecule has 0 aliphatic carbocycles. The fourth-order valence-electron chi connectivity index (χ4n) is 1.92. The largest absolute Gasteiger partial charge is 0.354 e. The summed E-state index contributed by atoms with van der Waals surface area (Å²) in [6.07, 6.45) is 0.834. The number of carbonyl (C=O) groups is 1. The van der Waals surface area contributed by atoms with Crippen LogP contribution in [0.1, 0.15) is 45.7 Å². The Morgan fingerprint density at radius 3 is 2.20 bits per heavy atom. The van der Waals surface area contributed by atoms with Gasteiger partial charge < -0.3 is 11.1 Å². The van der Waals surface area contributed by atoms with Crippen LogP contribution in [0.5, 0.6) is 0 Å². The van der Waals surface area contributed by atoms with Crippen molar-refractivity contribution < 1.29 is 4.79 Å². The summed E-state index contributed by atoms with van der Waals surface area (Å²) in [4.78, 5) is 11.7. The number of hydrogen-bond acceptors (Lipinski definition) is 2. The maximum absolute atomic E-state index is 11.7. The van der Waals surface area contributed by atoms with Gasteiger partial charge in [-0.1, -0.05) is 58.9 Å². The molecule has 3 nitrogen and oxygen atoms in total. The Kier molecular flexibility index (Phi) is 5.75. The van der Waals surface area contributed by atoms with Crippen LogP contribution < -0.4 is 11.1 Å². The quantitative estimate of drug-likeness (QED) is 0.868. The van der Waals surface area contributed by atoms with E-state index in [1.165, 1.54) is 11.1 Å². The average Bonchev–Trinajstić information content (AvgIpc) is 2.37. The number of rotatable bonds is 5. The summed E-state index contributed by atoms with van der Waals surface area (Å²) in [7, 11) is 0. The van der Waals surface area contributed by atoms with Crippen LogP contribution in [0.2, 0.25) is 0 Å². The van der Waals surface area contributed by atoms with Crippen molar-refractivity contribution in [1.82, 2.24) is 5.32 Å². The first kappa shape index (κ1) is 16.7. The van der Waals surface area contributed by atoms with E-state index >= 15 is 0 Å². The van der Waals surface area contributed by atoms with Crippen LogP contribution in [-0.2, 0) is 16.6 Å². The van der Waals surface area contributed by atoms with Gasteiger partial charge in [0.2, 0.25) is 5.91 Å². The van der Waals surface area contributed by atoms with Crippen molar-refractivity contribution in [1.29, 1.82) is 0 Å². The van der Waals surface area contributed by atoms with Crippen molar-refractivity contribution in [2.45, 2.75) is 52.5 Å². The van der Waals surface area contributed by atoms with Gasteiger partial charge >= 0.3 is 0 Å². The van der Waals surface area contributed by atoms with Gasteiger partial charge in [-0.15, -0.1) is 0 Å². The zero-order valence-electron chi connectivity index (χ0n) is 13.4. The van der Waals surface area contributed by atoms with E-state index in [0.717, 1.165) is 6.42 Å². The topological polar surface area (TPSA) is 55.1 Å². The monoisotopic (exact) mass is 276 g/mol. The van der Waals surface area contributed by atoms with Crippen molar-refractivity contribution in [3.8, 4) is 0 Å². The van der Waals surface area contributed by atoms with Gasteiger partial charge in [-0.3, -0.25) is 4.79 Å².